The van der Waals surface area contributed by atoms with Gasteiger partial charge in [0.1, 0.15) is 0 Å². The minimum Gasteiger partial charge on any atom is -0.459 e. The second-order valence-electron chi connectivity index (χ2n) is 5.95. The summed E-state index contributed by atoms with van der Waals surface area (Å²) in [7, 11) is 1.75. The summed E-state index contributed by atoms with van der Waals surface area (Å²) in [6.07, 6.45) is 3.15. The summed E-state index contributed by atoms with van der Waals surface area (Å²) in [5, 5.41) is 20.0. The topological polar surface area (TPSA) is 116 Å². The molecule has 0 aromatic carbocycles. The van der Waals surface area contributed by atoms with Crippen molar-refractivity contribution in [2.45, 2.75) is 23.9 Å². The number of hydrogen-bond donors (Lipinski definition) is 0. The molecule has 4 rings (SSSR count). The molecule has 10 nitrogen and oxygen atoms in total. The first-order chi connectivity index (χ1) is 12.7. The van der Waals surface area contributed by atoms with Crippen LogP contribution in [0.5, 0.6) is 0 Å². The molecule has 3 aromatic rings. The molecule has 0 unspecified atom stereocenters. The number of rotatable bonds is 5. The summed E-state index contributed by atoms with van der Waals surface area (Å²) in [6, 6.07) is 3.56. The van der Waals surface area contributed by atoms with Gasteiger partial charge in [0, 0.05) is 26.1 Å². The van der Waals surface area contributed by atoms with Crippen molar-refractivity contribution in [2.24, 2.45) is 7.05 Å². The number of carbonyl (C=O) groups is 1. The molecule has 1 amide bonds. The summed E-state index contributed by atoms with van der Waals surface area (Å²) >= 11 is 1.34. The fourth-order valence-corrected chi connectivity index (χ4v) is 3.59. The quantitative estimate of drug-likeness (QED) is 0.609. The van der Waals surface area contributed by atoms with Crippen molar-refractivity contribution in [1.29, 1.82) is 0 Å². The Labute approximate surface area is 152 Å². The number of thioether (sulfide) groups is 1. The number of nitrogens with zero attached hydrogens (tertiary/aromatic N) is 7. The monoisotopic (exact) mass is 375 g/mol. The Hall–Kier alpha value is -2.69. The lowest BCUT2D eigenvalue weighted by Crippen LogP contribution is -2.39. The average molecular weight is 375 g/mol. The van der Waals surface area contributed by atoms with Gasteiger partial charge < -0.3 is 13.7 Å². The zero-order valence-electron chi connectivity index (χ0n) is 14.1. The Morgan fingerprint density at radius 1 is 1.31 bits per heavy atom. The maximum atomic E-state index is 12.4. The van der Waals surface area contributed by atoms with E-state index in [1.165, 1.54) is 11.8 Å². The van der Waals surface area contributed by atoms with Crippen LogP contribution in [0.4, 0.5) is 0 Å². The highest BCUT2D eigenvalue weighted by Gasteiger charge is 2.28. The fraction of sp³-hybridized carbons (Fsp3) is 0.467. The van der Waals surface area contributed by atoms with Gasteiger partial charge in [-0.05, 0) is 35.4 Å². The predicted molar refractivity (Wildman–Crippen MR) is 90.1 cm³/mol. The van der Waals surface area contributed by atoms with Crippen molar-refractivity contribution in [2.75, 3.05) is 18.8 Å². The zero-order valence-corrected chi connectivity index (χ0v) is 14.9. The SMILES string of the molecule is Cn1nnnc1SCC(=O)N1CCC(c2nnc(-c3ccco3)o2)CC1. The van der Waals surface area contributed by atoms with E-state index in [0.717, 1.165) is 12.8 Å². The largest absolute Gasteiger partial charge is 0.459 e. The highest BCUT2D eigenvalue weighted by molar-refractivity contribution is 7.99. The van der Waals surface area contributed by atoms with Crippen LogP contribution in [-0.4, -0.2) is 60.1 Å². The number of aryl methyl sites for hydroxylation is 1. The molecule has 26 heavy (non-hydrogen) atoms. The van der Waals surface area contributed by atoms with Crippen LogP contribution >= 0.6 is 11.8 Å². The molecular formula is C15H17N7O3S. The molecule has 0 atom stereocenters. The second kappa shape index (κ2) is 7.28. The van der Waals surface area contributed by atoms with Crippen LogP contribution in [0.2, 0.25) is 0 Å². The number of carbonyl (C=O) groups excluding carboxylic acids is 1. The van der Waals surface area contributed by atoms with Crippen LogP contribution < -0.4 is 0 Å². The number of furan rings is 1. The highest BCUT2D eigenvalue weighted by atomic mass is 32.2. The van der Waals surface area contributed by atoms with E-state index in [4.69, 9.17) is 8.83 Å². The lowest BCUT2D eigenvalue weighted by molar-refractivity contribution is -0.129. The molecule has 1 aliphatic heterocycles. The molecule has 1 aliphatic rings. The molecule has 11 heteroatoms. The Morgan fingerprint density at radius 3 is 2.85 bits per heavy atom. The maximum Gasteiger partial charge on any atom is 0.283 e. The first kappa shape index (κ1) is 16.8. The lowest BCUT2D eigenvalue weighted by atomic mass is 9.97. The van der Waals surface area contributed by atoms with Gasteiger partial charge in [-0.15, -0.1) is 15.3 Å². The Kier molecular flexibility index (Phi) is 4.69. The van der Waals surface area contributed by atoms with Gasteiger partial charge in [0.15, 0.2) is 5.76 Å². The Balaban J connectivity index is 1.30. The van der Waals surface area contributed by atoms with Crippen molar-refractivity contribution in [3.63, 3.8) is 0 Å². The number of likely N-dealkylation sites (tertiary alicyclic amines) is 1. The van der Waals surface area contributed by atoms with Crippen LogP contribution in [0, 0.1) is 0 Å². The van der Waals surface area contributed by atoms with Crippen molar-refractivity contribution < 1.29 is 13.6 Å². The molecule has 0 radical (unpaired) electrons. The molecule has 0 bridgehead atoms. The number of piperidine rings is 1. The summed E-state index contributed by atoms with van der Waals surface area (Å²) < 4.78 is 12.5. The highest BCUT2D eigenvalue weighted by Crippen LogP contribution is 2.29. The van der Waals surface area contributed by atoms with Gasteiger partial charge >= 0.3 is 0 Å². The van der Waals surface area contributed by atoms with Gasteiger partial charge in [0.05, 0.1) is 12.0 Å². The van der Waals surface area contributed by atoms with Crippen LogP contribution in [-0.2, 0) is 11.8 Å². The third kappa shape index (κ3) is 3.47. The van der Waals surface area contributed by atoms with Gasteiger partial charge in [-0.2, -0.15) is 0 Å². The standard InChI is InChI=1S/C15H17N7O3S/c1-21-15(18-19-20-21)26-9-12(23)22-6-4-10(5-7-22)13-16-17-14(25-13)11-3-2-8-24-11/h2-3,8,10H,4-7,9H2,1H3. The molecule has 0 saturated carbocycles. The molecule has 0 spiro atoms. The fourth-order valence-electron chi connectivity index (χ4n) is 2.84. The van der Waals surface area contributed by atoms with E-state index in [9.17, 15) is 4.79 Å². The summed E-state index contributed by atoms with van der Waals surface area (Å²) in [5.41, 5.74) is 0. The third-order valence-corrected chi connectivity index (χ3v) is 5.27. The van der Waals surface area contributed by atoms with Gasteiger partial charge in [-0.1, -0.05) is 11.8 Å². The first-order valence-electron chi connectivity index (χ1n) is 8.21. The molecule has 0 aliphatic carbocycles. The Bertz CT molecular complexity index is 868. The predicted octanol–water partition coefficient (Wildman–Crippen LogP) is 1.35. The zero-order chi connectivity index (χ0) is 17.9. The third-order valence-electron chi connectivity index (χ3n) is 4.28. The van der Waals surface area contributed by atoms with E-state index < -0.39 is 0 Å². The molecule has 0 N–H and O–H groups in total. The summed E-state index contributed by atoms with van der Waals surface area (Å²) in [4.78, 5) is 14.2. The van der Waals surface area contributed by atoms with Crippen molar-refractivity contribution >= 4 is 17.7 Å². The van der Waals surface area contributed by atoms with Gasteiger partial charge in [-0.25, -0.2) is 4.68 Å². The maximum absolute atomic E-state index is 12.4. The minimum atomic E-state index is 0.0817. The van der Waals surface area contributed by atoms with Crippen molar-refractivity contribution in [3.05, 3.63) is 24.3 Å². The molecule has 136 valence electrons. The van der Waals surface area contributed by atoms with Gasteiger partial charge in [-0.3, -0.25) is 4.79 Å². The van der Waals surface area contributed by atoms with E-state index in [-0.39, 0.29) is 11.8 Å². The van der Waals surface area contributed by atoms with Crippen LogP contribution in [0.3, 0.4) is 0 Å². The van der Waals surface area contributed by atoms with Crippen LogP contribution in [0.25, 0.3) is 11.7 Å². The smallest absolute Gasteiger partial charge is 0.283 e. The normalized spacial score (nSPS) is 15.5. The number of amides is 1. The van der Waals surface area contributed by atoms with Crippen molar-refractivity contribution in [1.82, 2.24) is 35.3 Å². The minimum absolute atomic E-state index is 0.0817. The van der Waals surface area contributed by atoms with E-state index in [1.807, 2.05) is 4.90 Å². The van der Waals surface area contributed by atoms with E-state index in [2.05, 4.69) is 25.7 Å². The van der Waals surface area contributed by atoms with Crippen LogP contribution in [0.15, 0.2) is 32.4 Å². The average Bonchev–Trinajstić information content (AvgIpc) is 3.41. The van der Waals surface area contributed by atoms with Crippen molar-refractivity contribution in [3.8, 4) is 11.7 Å². The Morgan fingerprint density at radius 2 is 2.15 bits per heavy atom. The molecule has 1 saturated heterocycles. The molecule has 3 aromatic heterocycles. The van der Waals surface area contributed by atoms with Crippen LogP contribution in [0.1, 0.15) is 24.7 Å². The van der Waals surface area contributed by atoms with E-state index >= 15 is 0 Å². The number of hydrogen-bond acceptors (Lipinski definition) is 9. The summed E-state index contributed by atoms with van der Waals surface area (Å²) in [5.74, 6) is 2.11. The molecule has 4 heterocycles. The lowest BCUT2D eigenvalue weighted by Gasteiger charge is -2.30. The number of aromatic nitrogens is 6. The second-order valence-corrected chi connectivity index (χ2v) is 6.89. The first-order valence-corrected chi connectivity index (χ1v) is 9.19. The number of tetrazole rings is 1. The van der Waals surface area contributed by atoms with E-state index in [0.29, 0.717) is 41.5 Å². The van der Waals surface area contributed by atoms with E-state index in [1.54, 1.807) is 30.1 Å². The summed E-state index contributed by atoms with van der Waals surface area (Å²) in [6.45, 7) is 1.33. The van der Waals surface area contributed by atoms with Gasteiger partial charge in [0.25, 0.3) is 5.89 Å². The molecule has 1 fully saturated rings. The van der Waals surface area contributed by atoms with Gasteiger partial charge in [0.2, 0.25) is 17.0 Å². The molecular weight excluding hydrogens is 358 g/mol.